The van der Waals surface area contributed by atoms with E-state index in [-0.39, 0.29) is 11.8 Å². The number of hydrogen-bond acceptors (Lipinski definition) is 6. The van der Waals surface area contributed by atoms with Crippen molar-refractivity contribution in [1.29, 1.82) is 0 Å². The summed E-state index contributed by atoms with van der Waals surface area (Å²) in [4.78, 5) is 25.4. The van der Waals surface area contributed by atoms with Crippen LogP contribution in [0.1, 0.15) is 39.0 Å². The van der Waals surface area contributed by atoms with Gasteiger partial charge in [-0.15, -0.1) is 10.2 Å². The van der Waals surface area contributed by atoms with E-state index in [9.17, 15) is 9.59 Å². The van der Waals surface area contributed by atoms with Crippen LogP contribution in [0.5, 0.6) is 0 Å². The molecule has 0 radical (unpaired) electrons. The Hall–Kier alpha value is -1.15. The Kier molecular flexibility index (Phi) is 4.44. The molecule has 21 heavy (non-hydrogen) atoms. The van der Waals surface area contributed by atoms with Gasteiger partial charge in [-0.25, -0.2) is 0 Å². The van der Waals surface area contributed by atoms with Crippen molar-refractivity contribution in [2.24, 2.45) is 0 Å². The Morgan fingerprint density at radius 1 is 1.33 bits per heavy atom. The third kappa shape index (κ3) is 3.94. The van der Waals surface area contributed by atoms with Gasteiger partial charge in [-0.2, -0.15) is 0 Å². The molecule has 0 unspecified atom stereocenters. The van der Waals surface area contributed by atoms with E-state index < -0.39 is 0 Å². The number of anilines is 1. The first kappa shape index (κ1) is 14.8. The molecule has 114 valence electrons. The minimum absolute atomic E-state index is 0.0444. The molecule has 0 atom stereocenters. The van der Waals surface area contributed by atoms with Crippen molar-refractivity contribution in [3.63, 3.8) is 0 Å². The number of carbonyl (C=O) groups excluding carboxylic acids is 2. The number of amides is 2. The van der Waals surface area contributed by atoms with Gasteiger partial charge in [0.2, 0.25) is 16.9 Å². The van der Waals surface area contributed by atoms with Crippen molar-refractivity contribution in [3.05, 3.63) is 0 Å². The van der Waals surface area contributed by atoms with Gasteiger partial charge in [-0.3, -0.25) is 14.5 Å². The first-order chi connectivity index (χ1) is 10.2. The molecule has 0 saturated heterocycles. The van der Waals surface area contributed by atoms with E-state index in [1.165, 1.54) is 23.1 Å². The molecule has 2 fully saturated rings. The molecule has 1 aromatic rings. The average Bonchev–Trinajstić information content (AvgIpc) is 3.39. The SMILES string of the molecule is CCC(=O)N(c1nnc(SCC(=O)NC2CC2)s1)C1CC1. The molecule has 0 bridgehead atoms. The van der Waals surface area contributed by atoms with Crippen molar-refractivity contribution >= 4 is 40.0 Å². The molecule has 0 aromatic carbocycles. The van der Waals surface area contributed by atoms with Crippen LogP contribution < -0.4 is 10.2 Å². The standard InChI is InChI=1S/C13H18N4O2S2/c1-2-11(19)17(9-5-6-9)12-15-16-13(21-12)20-7-10(18)14-8-3-4-8/h8-9H,2-7H2,1H3,(H,14,18). The van der Waals surface area contributed by atoms with Crippen LogP contribution in [-0.2, 0) is 9.59 Å². The lowest BCUT2D eigenvalue weighted by Crippen LogP contribution is -2.32. The Balaban J connectivity index is 1.56. The summed E-state index contributed by atoms with van der Waals surface area (Å²) in [6, 6.07) is 0.678. The molecule has 2 saturated carbocycles. The smallest absolute Gasteiger partial charge is 0.230 e. The van der Waals surface area contributed by atoms with Crippen LogP contribution in [0.25, 0.3) is 0 Å². The Morgan fingerprint density at radius 2 is 2.10 bits per heavy atom. The highest BCUT2D eigenvalue weighted by atomic mass is 32.2. The summed E-state index contributed by atoms with van der Waals surface area (Å²) < 4.78 is 0.741. The van der Waals surface area contributed by atoms with Crippen LogP contribution >= 0.6 is 23.1 Å². The quantitative estimate of drug-likeness (QED) is 0.611. The van der Waals surface area contributed by atoms with Gasteiger partial charge in [-0.05, 0) is 25.7 Å². The third-order valence-electron chi connectivity index (χ3n) is 3.35. The molecule has 3 rings (SSSR count). The maximum atomic E-state index is 12.0. The van der Waals surface area contributed by atoms with Crippen LogP contribution in [0.4, 0.5) is 5.13 Å². The Bertz CT molecular complexity index is 540. The second-order valence-electron chi connectivity index (χ2n) is 5.33. The monoisotopic (exact) mass is 326 g/mol. The first-order valence-corrected chi connectivity index (χ1v) is 9.05. The van der Waals surface area contributed by atoms with Crippen LogP contribution in [0.15, 0.2) is 4.34 Å². The lowest BCUT2D eigenvalue weighted by atomic mass is 10.4. The van der Waals surface area contributed by atoms with Crippen LogP contribution in [0.2, 0.25) is 0 Å². The molecule has 1 N–H and O–H groups in total. The highest BCUT2D eigenvalue weighted by molar-refractivity contribution is 8.01. The van der Waals surface area contributed by atoms with Gasteiger partial charge in [0.25, 0.3) is 0 Å². The molecular formula is C13H18N4O2S2. The summed E-state index contributed by atoms with van der Waals surface area (Å²) >= 11 is 2.78. The zero-order valence-corrected chi connectivity index (χ0v) is 13.5. The molecule has 6 nitrogen and oxygen atoms in total. The van der Waals surface area contributed by atoms with E-state index in [1.54, 1.807) is 4.90 Å². The highest BCUT2D eigenvalue weighted by Crippen LogP contribution is 2.36. The van der Waals surface area contributed by atoms with E-state index >= 15 is 0 Å². The number of carbonyl (C=O) groups is 2. The van der Waals surface area contributed by atoms with Crippen molar-refractivity contribution < 1.29 is 9.59 Å². The largest absolute Gasteiger partial charge is 0.353 e. The van der Waals surface area contributed by atoms with Gasteiger partial charge in [0.05, 0.1) is 5.75 Å². The number of rotatable bonds is 7. The highest BCUT2D eigenvalue weighted by Gasteiger charge is 2.35. The summed E-state index contributed by atoms with van der Waals surface area (Å²) in [7, 11) is 0. The fourth-order valence-corrected chi connectivity index (χ4v) is 3.69. The Labute approximate surface area is 131 Å². The van der Waals surface area contributed by atoms with Crippen molar-refractivity contribution in [1.82, 2.24) is 15.5 Å². The normalized spacial score (nSPS) is 17.6. The lowest BCUT2D eigenvalue weighted by Gasteiger charge is -2.17. The molecule has 2 amide bonds. The third-order valence-corrected chi connectivity index (χ3v) is 5.41. The van der Waals surface area contributed by atoms with Crippen LogP contribution in [-0.4, -0.2) is 39.8 Å². The van der Waals surface area contributed by atoms with Crippen molar-refractivity contribution in [2.45, 2.75) is 55.5 Å². The van der Waals surface area contributed by atoms with Gasteiger partial charge in [0.15, 0.2) is 4.34 Å². The Morgan fingerprint density at radius 3 is 2.71 bits per heavy atom. The minimum Gasteiger partial charge on any atom is -0.353 e. The number of nitrogens with zero attached hydrogens (tertiary/aromatic N) is 3. The second-order valence-corrected chi connectivity index (χ2v) is 7.51. The molecular weight excluding hydrogens is 308 g/mol. The fourth-order valence-electron chi connectivity index (χ4n) is 1.95. The van der Waals surface area contributed by atoms with Crippen LogP contribution in [0.3, 0.4) is 0 Å². The summed E-state index contributed by atoms with van der Waals surface area (Å²) in [5, 5.41) is 11.8. The van der Waals surface area contributed by atoms with E-state index in [0.29, 0.717) is 29.4 Å². The van der Waals surface area contributed by atoms with Crippen molar-refractivity contribution in [2.75, 3.05) is 10.7 Å². The number of hydrogen-bond donors (Lipinski definition) is 1. The predicted molar refractivity (Wildman–Crippen MR) is 82.6 cm³/mol. The van der Waals surface area contributed by atoms with E-state index in [4.69, 9.17) is 0 Å². The zero-order valence-electron chi connectivity index (χ0n) is 11.9. The van der Waals surface area contributed by atoms with Gasteiger partial charge in [0, 0.05) is 18.5 Å². The summed E-state index contributed by atoms with van der Waals surface area (Å²) in [5.74, 6) is 0.496. The fraction of sp³-hybridized carbons (Fsp3) is 0.692. The average molecular weight is 326 g/mol. The van der Waals surface area contributed by atoms with Gasteiger partial charge < -0.3 is 5.32 Å². The maximum absolute atomic E-state index is 12.0. The molecule has 1 heterocycles. The zero-order chi connectivity index (χ0) is 14.8. The topological polar surface area (TPSA) is 75.2 Å². The van der Waals surface area contributed by atoms with Crippen LogP contribution in [0, 0.1) is 0 Å². The van der Waals surface area contributed by atoms with E-state index in [1.807, 2.05) is 6.92 Å². The lowest BCUT2D eigenvalue weighted by molar-refractivity contribution is -0.119. The van der Waals surface area contributed by atoms with Crippen molar-refractivity contribution in [3.8, 4) is 0 Å². The number of aromatic nitrogens is 2. The summed E-state index contributed by atoms with van der Waals surface area (Å²) in [6.45, 7) is 1.86. The van der Waals surface area contributed by atoms with Gasteiger partial charge in [-0.1, -0.05) is 30.0 Å². The minimum atomic E-state index is 0.0444. The molecule has 8 heteroatoms. The summed E-state index contributed by atoms with van der Waals surface area (Å²) in [5.41, 5.74) is 0. The molecule has 2 aliphatic rings. The molecule has 0 spiro atoms. The molecule has 0 aliphatic heterocycles. The number of nitrogens with one attached hydrogen (secondary N) is 1. The van der Waals surface area contributed by atoms with Gasteiger partial charge >= 0.3 is 0 Å². The molecule has 2 aliphatic carbocycles. The first-order valence-electron chi connectivity index (χ1n) is 7.25. The van der Waals surface area contributed by atoms with E-state index in [0.717, 1.165) is 30.0 Å². The van der Waals surface area contributed by atoms with E-state index in [2.05, 4.69) is 15.5 Å². The maximum Gasteiger partial charge on any atom is 0.230 e. The number of thioether (sulfide) groups is 1. The second kappa shape index (κ2) is 6.31. The van der Waals surface area contributed by atoms with Gasteiger partial charge in [0.1, 0.15) is 0 Å². The predicted octanol–water partition coefficient (Wildman–Crippen LogP) is 1.81. The summed E-state index contributed by atoms with van der Waals surface area (Å²) in [6.07, 6.45) is 4.74. The molecule has 1 aromatic heterocycles.